The molecule has 1 aliphatic carbocycles. The van der Waals surface area contributed by atoms with Crippen LogP contribution in [0.3, 0.4) is 0 Å². The van der Waals surface area contributed by atoms with Crippen molar-refractivity contribution in [3.63, 3.8) is 0 Å². The molecule has 0 amide bonds. The fourth-order valence-electron chi connectivity index (χ4n) is 3.07. The molecule has 0 aromatic carbocycles. The molecule has 1 rings (SSSR count). The van der Waals surface area contributed by atoms with Gasteiger partial charge in [0.1, 0.15) is 12.4 Å². The number of thioether (sulfide) groups is 1. The normalized spacial score (nSPS) is 20.1. The second-order valence-electron chi connectivity index (χ2n) is 6.07. The van der Waals surface area contributed by atoms with Crippen LogP contribution in [0.15, 0.2) is 29.1 Å². The molecular formula is C19H31NO3S. The highest BCUT2D eigenvalue weighted by atomic mass is 32.2. The number of nitrogens with zero attached hydrogens (tertiary/aromatic N) is 1. The maximum absolute atomic E-state index is 12.8. The SMILES string of the molecule is C=CCO/N=C(/CCC)C1=C(OC)C[C@H](C[C@@H](C)SCC)CC1=O. The van der Waals surface area contributed by atoms with Crippen LogP contribution >= 0.6 is 11.8 Å². The zero-order valence-electron chi connectivity index (χ0n) is 15.5. The first-order valence-electron chi connectivity index (χ1n) is 8.79. The number of ether oxygens (including phenoxy) is 1. The predicted molar refractivity (Wildman–Crippen MR) is 102 cm³/mol. The van der Waals surface area contributed by atoms with Crippen molar-refractivity contribution in [3.05, 3.63) is 24.0 Å². The van der Waals surface area contributed by atoms with E-state index in [9.17, 15) is 4.79 Å². The summed E-state index contributed by atoms with van der Waals surface area (Å²) in [6.45, 7) is 10.4. The van der Waals surface area contributed by atoms with E-state index in [1.54, 1.807) is 13.2 Å². The Bertz CT molecular complexity index is 485. The summed E-state index contributed by atoms with van der Waals surface area (Å²) in [4.78, 5) is 18.0. The highest BCUT2D eigenvalue weighted by Crippen LogP contribution is 2.34. The first-order valence-corrected chi connectivity index (χ1v) is 9.84. The van der Waals surface area contributed by atoms with Crippen molar-refractivity contribution in [2.75, 3.05) is 19.5 Å². The van der Waals surface area contributed by atoms with E-state index in [1.807, 2.05) is 11.8 Å². The van der Waals surface area contributed by atoms with Crippen LogP contribution in [0.1, 0.15) is 52.9 Å². The molecule has 0 saturated carbocycles. The Hall–Kier alpha value is -1.23. The molecule has 136 valence electrons. The molecule has 0 saturated heterocycles. The van der Waals surface area contributed by atoms with E-state index in [0.29, 0.717) is 41.9 Å². The first kappa shape index (κ1) is 20.8. The molecule has 0 unspecified atom stereocenters. The van der Waals surface area contributed by atoms with Gasteiger partial charge in [0, 0.05) is 18.1 Å². The van der Waals surface area contributed by atoms with Crippen molar-refractivity contribution in [3.8, 4) is 0 Å². The molecule has 0 radical (unpaired) electrons. The van der Waals surface area contributed by atoms with Crippen LogP contribution in [0, 0.1) is 5.92 Å². The third kappa shape index (κ3) is 6.34. The number of hydrogen-bond donors (Lipinski definition) is 0. The number of hydrogen-bond acceptors (Lipinski definition) is 5. The van der Waals surface area contributed by atoms with Gasteiger partial charge in [-0.2, -0.15) is 11.8 Å². The van der Waals surface area contributed by atoms with E-state index in [1.165, 1.54) is 0 Å². The molecule has 5 heteroatoms. The minimum absolute atomic E-state index is 0.131. The fourth-order valence-corrected chi connectivity index (χ4v) is 4.05. The Morgan fingerprint density at radius 2 is 2.21 bits per heavy atom. The first-order chi connectivity index (χ1) is 11.6. The van der Waals surface area contributed by atoms with Gasteiger partial charge in [0.2, 0.25) is 0 Å². The van der Waals surface area contributed by atoms with Crippen LogP contribution in [0.25, 0.3) is 0 Å². The van der Waals surface area contributed by atoms with Crippen LogP contribution in [0.2, 0.25) is 0 Å². The van der Waals surface area contributed by atoms with E-state index in [0.717, 1.165) is 30.8 Å². The van der Waals surface area contributed by atoms with Gasteiger partial charge in [-0.1, -0.05) is 45.0 Å². The lowest BCUT2D eigenvalue weighted by Gasteiger charge is -2.27. The third-order valence-corrected chi connectivity index (χ3v) is 5.11. The van der Waals surface area contributed by atoms with Gasteiger partial charge in [-0.05, 0) is 24.5 Å². The number of carbonyl (C=O) groups excluding carboxylic acids is 1. The molecule has 0 spiro atoms. The Labute approximate surface area is 150 Å². The van der Waals surface area contributed by atoms with Crippen molar-refractivity contribution in [2.45, 2.75) is 58.1 Å². The monoisotopic (exact) mass is 353 g/mol. The molecule has 0 heterocycles. The smallest absolute Gasteiger partial charge is 0.168 e. The minimum atomic E-state index is 0.131. The number of allylic oxidation sites excluding steroid dienone is 2. The molecule has 2 atom stereocenters. The zero-order valence-corrected chi connectivity index (χ0v) is 16.3. The summed E-state index contributed by atoms with van der Waals surface area (Å²) in [5.41, 5.74) is 1.34. The van der Waals surface area contributed by atoms with Gasteiger partial charge in [0.25, 0.3) is 0 Å². The molecule has 0 N–H and O–H groups in total. The highest BCUT2D eigenvalue weighted by molar-refractivity contribution is 7.99. The molecule has 0 fully saturated rings. The van der Waals surface area contributed by atoms with Gasteiger partial charge in [0.15, 0.2) is 5.78 Å². The minimum Gasteiger partial charge on any atom is -0.500 e. The van der Waals surface area contributed by atoms with E-state index in [4.69, 9.17) is 9.57 Å². The summed E-state index contributed by atoms with van der Waals surface area (Å²) < 4.78 is 5.58. The zero-order chi connectivity index (χ0) is 17.9. The van der Waals surface area contributed by atoms with Crippen LogP contribution in [0.5, 0.6) is 0 Å². The number of carbonyl (C=O) groups is 1. The molecule has 0 aliphatic heterocycles. The Balaban J connectivity index is 2.97. The molecule has 24 heavy (non-hydrogen) atoms. The van der Waals surface area contributed by atoms with Crippen LogP contribution < -0.4 is 0 Å². The number of rotatable bonds is 11. The summed E-state index contributed by atoms with van der Waals surface area (Å²) >= 11 is 1.94. The van der Waals surface area contributed by atoms with Gasteiger partial charge in [-0.3, -0.25) is 4.79 Å². The molecule has 4 nitrogen and oxygen atoms in total. The quantitative estimate of drug-likeness (QED) is 0.233. The lowest BCUT2D eigenvalue weighted by Crippen LogP contribution is -2.26. The number of ketones is 1. The Kier molecular flexibility index (Phi) is 9.84. The topological polar surface area (TPSA) is 47.9 Å². The second kappa shape index (κ2) is 11.3. The van der Waals surface area contributed by atoms with Crippen molar-refractivity contribution in [1.82, 2.24) is 0 Å². The molecule has 1 aliphatic rings. The van der Waals surface area contributed by atoms with Crippen molar-refractivity contribution >= 4 is 23.3 Å². The number of oxime groups is 1. The van der Waals surface area contributed by atoms with Crippen molar-refractivity contribution in [1.29, 1.82) is 0 Å². The average Bonchev–Trinajstić information content (AvgIpc) is 2.54. The standard InChI is InChI=1S/C19H31NO3S/c1-6-9-16(20-23-10-7-2)19-17(21)12-15(13-18(19)22-5)11-14(4)24-8-3/h7,14-15H,2,6,8-13H2,1,3-5H3/b20-16-/t14-,15-/m1/s1. The van der Waals surface area contributed by atoms with Gasteiger partial charge < -0.3 is 9.57 Å². The Morgan fingerprint density at radius 3 is 2.79 bits per heavy atom. The number of methoxy groups -OCH3 is 1. The summed E-state index contributed by atoms with van der Waals surface area (Å²) in [5.74, 6) is 2.35. The van der Waals surface area contributed by atoms with E-state index in [-0.39, 0.29) is 5.78 Å². The fraction of sp³-hybridized carbons (Fsp3) is 0.684. The summed E-state index contributed by atoms with van der Waals surface area (Å²) in [6.07, 6.45) is 5.66. The van der Waals surface area contributed by atoms with Crippen molar-refractivity contribution < 1.29 is 14.4 Å². The third-order valence-electron chi connectivity index (χ3n) is 4.01. The summed E-state index contributed by atoms with van der Waals surface area (Å²) in [5, 5.41) is 4.74. The van der Waals surface area contributed by atoms with Gasteiger partial charge >= 0.3 is 0 Å². The van der Waals surface area contributed by atoms with Crippen LogP contribution in [-0.2, 0) is 14.4 Å². The predicted octanol–water partition coefficient (Wildman–Crippen LogP) is 4.76. The molecular weight excluding hydrogens is 322 g/mol. The average molecular weight is 354 g/mol. The van der Waals surface area contributed by atoms with Crippen LogP contribution in [-0.4, -0.2) is 36.2 Å². The summed E-state index contributed by atoms with van der Waals surface area (Å²) in [6, 6.07) is 0. The largest absolute Gasteiger partial charge is 0.500 e. The van der Waals surface area contributed by atoms with Crippen molar-refractivity contribution in [2.24, 2.45) is 11.1 Å². The van der Waals surface area contributed by atoms with E-state index < -0.39 is 0 Å². The van der Waals surface area contributed by atoms with Gasteiger partial charge in [-0.25, -0.2) is 0 Å². The van der Waals surface area contributed by atoms with Gasteiger partial charge in [-0.15, -0.1) is 0 Å². The van der Waals surface area contributed by atoms with Crippen LogP contribution in [0.4, 0.5) is 0 Å². The number of Topliss-reactive ketones (excluding diaryl/α,β-unsaturated/α-hetero) is 1. The Morgan fingerprint density at radius 1 is 1.46 bits per heavy atom. The molecule has 0 aromatic heterocycles. The van der Waals surface area contributed by atoms with Gasteiger partial charge in [0.05, 0.1) is 18.4 Å². The van der Waals surface area contributed by atoms with E-state index >= 15 is 0 Å². The molecule has 0 bridgehead atoms. The van der Waals surface area contributed by atoms with E-state index in [2.05, 4.69) is 32.5 Å². The molecule has 0 aromatic rings. The second-order valence-corrected chi connectivity index (χ2v) is 7.79. The maximum Gasteiger partial charge on any atom is 0.168 e. The maximum atomic E-state index is 12.8. The lowest BCUT2D eigenvalue weighted by molar-refractivity contribution is -0.116. The lowest BCUT2D eigenvalue weighted by atomic mass is 9.82. The summed E-state index contributed by atoms with van der Waals surface area (Å²) in [7, 11) is 1.64. The highest BCUT2D eigenvalue weighted by Gasteiger charge is 2.32.